The van der Waals surface area contributed by atoms with E-state index in [2.05, 4.69) is 0 Å². The Kier molecular flexibility index (Phi) is 14.3. The van der Waals surface area contributed by atoms with Gasteiger partial charge in [0.2, 0.25) is 0 Å². The Morgan fingerprint density at radius 2 is 1.60 bits per heavy atom. The standard InChI is InChI=1S/C20H30O5/c1-2-17(21)11-8-5-9-14-18(22)12-6-3-4-7-13-19(23)15-10-16-20(24)25/h3-4,6-7,10,12-13,16-18,21-22H,2,5,8-9,11,14-15H2,1H3,(H,24,25)/t17-,18?/m1/s1. The Hall–Kier alpha value is -1.98. The number of hydrogen-bond acceptors (Lipinski definition) is 4. The van der Waals surface area contributed by atoms with Crippen LogP contribution in [-0.4, -0.2) is 39.3 Å². The topological polar surface area (TPSA) is 94.8 Å². The van der Waals surface area contributed by atoms with Crippen LogP contribution in [0.2, 0.25) is 0 Å². The normalized spacial score (nSPS) is 14.8. The Bertz CT molecular complexity index is 488. The van der Waals surface area contributed by atoms with Gasteiger partial charge in [-0.05, 0) is 25.3 Å². The van der Waals surface area contributed by atoms with Crippen LogP contribution in [0.4, 0.5) is 0 Å². The molecule has 0 fully saturated rings. The zero-order valence-electron chi connectivity index (χ0n) is 14.9. The average Bonchev–Trinajstić information content (AvgIpc) is 2.57. The van der Waals surface area contributed by atoms with Crippen molar-refractivity contribution < 1.29 is 24.9 Å². The zero-order chi connectivity index (χ0) is 18.9. The van der Waals surface area contributed by atoms with Crippen LogP contribution in [0.25, 0.3) is 0 Å². The maximum absolute atomic E-state index is 11.4. The molecule has 0 saturated heterocycles. The molecule has 0 aliphatic heterocycles. The van der Waals surface area contributed by atoms with Gasteiger partial charge in [-0.25, -0.2) is 4.79 Å². The summed E-state index contributed by atoms with van der Waals surface area (Å²) >= 11 is 0. The summed E-state index contributed by atoms with van der Waals surface area (Å²) in [6, 6.07) is 0. The molecule has 0 aliphatic carbocycles. The SMILES string of the molecule is CC[C@@H](O)CCCCCC(O)C=CC=CC=CC(=O)CC=CC(=O)O. The van der Waals surface area contributed by atoms with Crippen molar-refractivity contribution >= 4 is 11.8 Å². The largest absolute Gasteiger partial charge is 0.478 e. The molecule has 0 aromatic rings. The van der Waals surface area contributed by atoms with Gasteiger partial charge in [-0.1, -0.05) is 62.6 Å². The maximum Gasteiger partial charge on any atom is 0.327 e. The number of aliphatic carboxylic acids is 1. The predicted octanol–water partition coefficient (Wildman–Crippen LogP) is 3.34. The van der Waals surface area contributed by atoms with E-state index in [9.17, 15) is 19.8 Å². The molecule has 25 heavy (non-hydrogen) atoms. The second kappa shape index (κ2) is 15.5. The monoisotopic (exact) mass is 350 g/mol. The van der Waals surface area contributed by atoms with Gasteiger partial charge >= 0.3 is 5.97 Å². The summed E-state index contributed by atoms with van der Waals surface area (Å²) < 4.78 is 0. The minimum atomic E-state index is -1.07. The van der Waals surface area contributed by atoms with Crippen LogP contribution < -0.4 is 0 Å². The number of aliphatic hydroxyl groups is 2. The highest BCUT2D eigenvalue weighted by Crippen LogP contribution is 2.09. The zero-order valence-corrected chi connectivity index (χ0v) is 14.9. The van der Waals surface area contributed by atoms with Crippen LogP contribution in [0.5, 0.6) is 0 Å². The van der Waals surface area contributed by atoms with Crippen molar-refractivity contribution in [1.82, 2.24) is 0 Å². The van der Waals surface area contributed by atoms with E-state index in [1.54, 1.807) is 30.4 Å². The van der Waals surface area contributed by atoms with E-state index in [1.807, 2.05) is 6.92 Å². The molecule has 0 saturated carbocycles. The van der Waals surface area contributed by atoms with Gasteiger partial charge in [0, 0.05) is 12.5 Å². The molecule has 2 atom stereocenters. The third-order valence-electron chi connectivity index (χ3n) is 3.54. The molecule has 5 heteroatoms. The van der Waals surface area contributed by atoms with Crippen molar-refractivity contribution in [2.75, 3.05) is 0 Å². The lowest BCUT2D eigenvalue weighted by molar-refractivity contribution is -0.131. The van der Waals surface area contributed by atoms with E-state index in [1.165, 1.54) is 12.2 Å². The van der Waals surface area contributed by atoms with Gasteiger partial charge in [-0.3, -0.25) is 4.79 Å². The quantitative estimate of drug-likeness (QED) is 0.254. The Morgan fingerprint density at radius 1 is 0.920 bits per heavy atom. The second-order valence-electron chi connectivity index (χ2n) is 5.81. The van der Waals surface area contributed by atoms with Gasteiger partial charge in [0.15, 0.2) is 5.78 Å². The van der Waals surface area contributed by atoms with E-state index in [0.29, 0.717) is 6.42 Å². The number of rotatable bonds is 14. The molecule has 0 aromatic heterocycles. The lowest BCUT2D eigenvalue weighted by Crippen LogP contribution is -2.04. The molecule has 1 unspecified atom stereocenters. The first-order valence-corrected chi connectivity index (χ1v) is 8.75. The maximum atomic E-state index is 11.4. The number of carboxylic acid groups (broad SMARTS) is 1. The molecule has 140 valence electrons. The molecule has 0 amide bonds. The third kappa shape index (κ3) is 16.7. The first kappa shape index (κ1) is 23.0. The summed E-state index contributed by atoms with van der Waals surface area (Å²) in [4.78, 5) is 21.6. The molecule has 5 nitrogen and oxygen atoms in total. The Labute approximate surface area is 150 Å². The number of carbonyl (C=O) groups excluding carboxylic acids is 1. The third-order valence-corrected chi connectivity index (χ3v) is 3.54. The highest BCUT2D eigenvalue weighted by atomic mass is 16.4. The summed E-state index contributed by atoms with van der Waals surface area (Å²) in [5.74, 6) is -1.25. The van der Waals surface area contributed by atoms with Gasteiger partial charge in [0.25, 0.3) is 0 Å². The van der Waals surface area contributed by atoms with Gasteiger partial charge in [-0.15, -0.1) is 0 Å². The van der Waals surface area contributed by atoms with Crippen LogP contribution in [-0.2, 0) is 9.59 Å². The van der Waals surface area contributed by atoms with E-state index < -0.39 is 12.1 Å². The van der Waals surface area contributed by atoms with E-state index in [0.717, 1.165) is 38.2 Å². The van der Waals surface area contributed by atoms with Crippen molar-refractivity contribution in [2.45, 2.75) is 64.1 Å². The summed E-state index contributed by atoms with van der Waals surface area (Å²) in [6.45, 7) is 1.97. The van der Waals surface area contributed by atoms with E-state index in [-0.39, 0.29) is 18.3 Å². The fraction of sp³-hybridized carbons (Fsp3) is 0.500. The summed E-state index contributed by atoms with van der Waals surface area (Å²) in [5, 5.41) is 27.6. The van der Waals surface area contributed by atoms with Gasteiger partial charge in [0.1, 0.15) is 0 Å². The van der Waals surface area contributed by atoms with E-state index >= 15 is 0 Å². The molecule has 3 N–H and O–H groups in total. The molecule has 0 radical (unpaired) electrons. The van der Waals surface area contributed by atoms with Crippen molar-refractivity contribution in [3.05, 3.63) is 48.6 Å². The van der Waals surface area contributed by atoms with Crippen LogP contribution in [0.3, 0.4) is 0 Å². The highest BCUT2D eigenvalue weighted by molar-refractivity contribution is 5.91. The molecular formula is C20H30O5. The summed E-state index contributed by atoms with van der Waals surface area (Å²) in [5.41, 5.74) is 0. The number of carboxylic acids is 1. The Balaban J connectivity index is 3.83. The first-order valence-electron chi connectivity index (χ1n) is 8.75. The first-order chi connectivity index (χ1) is 12.0. The number of ketones is 1. The number of unbranched alkanes of at least 4 members (excludes halogenated alkanes) is 2. The van der Waals surface area contributed by atoms with Gasteiger partial charge < -0.3 is 15.3 Å². The van der Waals surface area contributed by atoms with Crippen LogP contribution in [0.1, 0.15) is 51.9 Å². The number of hydrogen-bond donors (Lipinski definition) is 3. The fourth-order valence-electron chi connectivity index (χ4n) is 2.04. The molecule has 0 heterocycles. The van der Waals surface area contributed by atoms with Crippen molar-refractivity contribution in [2.24, 2.45) is 0 Å². The average molecular weight is 350 g/mol. The Morgan fingerprint density at radius 3 is 2.28 bits per heavy atom. The minimum absolute atomic E-state index is 0.0560. The van der Waals surface area contributed by atoms with Crippen molar-refractivity contribution in [1.29, 1.82) is 0 Å². The van der Waals surface area contributed by atoms with E-state index in [4.69, 9.17) is 5.11 Å². The van der Waals surface area contributed by atoms with Crippen LogP contribution >= 0.6 is 0 Å². The van der Waals surface area contributed by atoms with Crippen LogP contribution in [0, 0.1) is 0 Å². The number of allylic oxidation sites excluding steroid dienone is 6. The summed E-state index contributed by atoms with van der Waals surface area (Å²) in [7, 11) is 0. The molecule has 0 rings (SSSR count). The number of carbonyl (C=O) groups is 2. The number of aliphatic hydroxyl groups excluding tert-OH is 2. The van der Waals surface area contributed by atoms with Crippen molar-refractivity contribution in [3.63, 3.8) is 0 Å². The minimum Gasteiger partial charge on any atom is -0.478 e. The highest BCUT2D eigenvalue weighted by Gasteiger charge is 2.01. The van der Waals surface area contributed by atoms with Crippen molar-refractivity contribution in [3.8, 4) is 0 Å². The lowest BCUT2D eigenvalue weighted by atomic mass is 10.1. The molecular weight excluding hydrogens is 320 g/mol. The molecule has 0 bridgehead atoms. The smallest absolute Gasteiger partial charge is 0.327 e. The molecule has 0 spiro atoms. The molecule has 0 aliphatic rings. The summed E-state index contributed by atoms with van der Waals surface area (Å²) in [6.07, 6.45) is 16.6. The van der Waals surface area contributed by atoms with Gasteiger partial charge in [0.05, 0.1) is 12.2 Å². The fourth-order valence-corrected chi connectivity index (χ4v) is 2.04. The molecule has 0 aromatic carbocycles. The second-order valence-corrected chi connectivity index (χ2v) is 5.81. The predicted molar refractivity (Wildman–Crippen MR) is 99.2 cm³/mol. The van der Waals surface area contributed by atoms with Crippen LogP contribution in [0.15, 0.2) is 48.6 Å². The lowest BCUT2D eigenvalue weighted by Gasteiger charge is -2.08. The van der Waals surface area contributed by atoms with Gasteiger partial charge in [-0.2, -0.15) is 0 Å².